The Hall–Kier alpha value is -3.27. The van der Waals surface area contributed by atoms with Gasteiger partial charge in [-0.25, -0.2) is 0 Å². The lowest BCUT2D eigenvalue weighted by Gasteiger charge is -2.14. The first kappa shape index (κ1) is 20.6. The maximum atomic E-state index is 13.5. The molecule has 0 aliphatic carbocycles. The van der Waals surface area contributed by atoms with Gasteiger partial charge in [-0.2, -0.15) is 0 Å². The van der Waals surface area contributed by atoms with E-state index >= 15 is 0 Å². The molecule has 5 rings (SSSR count). The van der Waals surface area contributed by atoms with Crippen molar-refractivity contribution in [3.63, 3.8) is 0 Å². The first-order valence-electron chi connectivity index (χ1n) is 10.1. The van der Waals surface area contributed by atoms with Gasteiger partial charge in [-0.1, -0.05) is 77.8 Å². The number of hydrogen-bond acceptors (Lipinski definition) is 3. The third-order valence-corrected chi connectivity index (χ3v) is 6.24. The Kier molecular flexibility index (Phi) is 5.38. The second-order valence-electron chi connectivity index (χ2n) is 7.59. The Morgan fingerprint density at radius 2 is 1.59 bits per heavy atom. The first-order chi connectivity index (χ1) is 15.5. The minimum Gasteiger partial charge on any atom is -0.481 e. The average molecular weight is 461 g/mol. The van der Waals surface area contributed by atoms with Crippen LogP contribution in [0.15, 0.2) is 88.1 Å². The summed E-state index contributed by atoms with van der Waals surface area (Å²) in [6.45, 7) is 2.07. The van der Waals surface area contributed by atoms with Crippen molar-refractivity contribution in [1.82, 2.24) is 0 Å². The van der Waals surface area contributed by atoms with E-state index in [0.717, 1.165) is 21.9 Å². The van der Waals surface area contributed by atoms with Crippen LogP contribution >= 0.6 is 23.2 Å². The second kappa shape index (κ2) is 8.34. The molecule has 1 aromatic heterocycles. The third-order valence-electron chi connectivity index (χ3n) is 5.50. The second-order valence-corrected chi connectivity index (χ2v) is 8.41. The van der Waals surface area contributed by atoms with E-state index in [0.29, 0.717) is 32.3 Å². The zero-order valence-electron chi connectivity index (χ0n) is 17.2. The van der Waals surface area contributed by atoms with Crippen LogP contribution in [-0.2, 0) is 6.61 Å². The Bertz CT molecular complexity index is 1530. The summed E-state index contributed by atoms with van der Waals surface area (Å²) in [5.41, 5.74) is 2.52. The lowest BCUT2D eigenvalue weighted by atomic mass is 10.1. The van der Waals surface area contributed by atoms with Crippen LogP contribution in [0.1, 0.15) is 11.1 Å². The predicted octanol–water partition coefficient (Wildman–Crippen LogP) is 7.81. The monoisotopic (exact) mass is 460 g/mol. The maximum Gasteiger partial charge on any atom is 0.235 e. The number of ether oxygens (including phenoxy) is 1. The molecule has 0 N–H and O–H groups in total. The number of benzene rings is 4. The molecule has 0 radical (unpaired) electrons. The summed E-state index contributed by atoms with van der Waals surface area (Å²) in [5.74, 6) is 0.411. The Labute approximate surface area is 194 Å². The molecule has 1 heterocycles. The largest absolute Gasteiger partial charge is 0.481 e. The summed E-state index contributed by atoms with van der Waals surface area (Å²) < 4.78 is 12.3. The predicted molar refractivity (Wildman–Crippen MR) is 131 cm³/mol. The fourth-order valence-corrected chi connectivity index (χ4v) is 4.21. The molecule has 0 amide bonds. The van der Waals surface area contributed by atoms with Gasteiger partial charge in [-0.05, 0) is 53.1 Å². The summed E-state index contributed by atoms with van der Waals surface area (Å²) in [5, 5.41) is 3.50. The van der Waals surface area contributed by atoms with Crippen molar-refractivity contribution in [3.05, 3.63) is 110 Å². The summed E-state index contributed by atoms with van der Waals surface area (Å²) in [7, 11) is 0. The van der Waals surface area contributed by atoms with Crippen molar-refractivity contribution >= 4 is 44.9 Å². The molecule has 158 valence electrons. The molecule has 0 aliphatic heterocycles. The Balaban J connectivity index is 1.69. The molecule has 0 fully saturated rings. The number of rotatable bonds is 4. The van der Waals surface area contributed by atoms with Gasteiger partial charge in [0, 0.05) is 10.6 Å². The fraction of sp³-hybridized carbons (Fsp3) is 0.0741. The van der Waals surface area contributed by atoms with Gasteiger partial charge in [0.2, 0.25) is 11.2 Å². The number of hydrogen-bond donors (Lipinski definition) is 0. The number of aryl methyl sites for hydroxylation is 1. The molecule has 0 saturated heterocycles. The van der Waals surface area contributed by atoms with Gasteiger partial charge < -0.3 is 9.15 Å². The standard InChI is InChI=1S/C27H18Cl2O3/c1-16-13-24-21(14-23(16)29)25(30)27(26(32-24)20-11-4-5-12-22(20)28)31-15-18-9-6-8-17-7-2-3-10-19(17)18/h2-14H,15H2,1H3. The van der Waals surface area contributed by atoms with E-state index in [-0.39, 0.29) is 17.8 Å². The molecule has 0 spiro atoms. The molecule has 4 aromatic carbocycles. The van der Waals surface area contributed by atoms with Gasteiger partial charge >= 0.3 is 0 Å². The quantitative estimate of drug-likeness (QED) is 0.274. The Morgan fingerprint density at radius 1 is 0.844 bits per heavy atom. The molecule has 0 bridgehead atoms. The van der Waals surface area contributed by atoms with E-state index in [2.05, 4.69) is 0 Å². The fourth-order valence-electron chi connectivity index (χ4n) is 3.82. The van der Waals surface area contributed by atoms with Gasteiger partial charge in [0.1, 0.15) is 12.2 Å². The molecular formula is C27H18Cl2O3. The summed E-state index contributed by atoms with van der Waals surface area (Å²) >= 11 is 12.7. The molecule has 0 atom stereocenters. The summed E-state index contributed by atoms with van der Waals surface area (Å²) in [6, 6.07) is 24.7. The highest BCUT2D eigenvalue weighted by Crippen LogP contribution is 2.36. The van der Waals surface area contributed by atoms with E-state index in [1.165, 1.54) is 0 Å². The van der Waals surface area contributed by atoms with Crippen LogP contribution in [-0.4, -0.2) is 0 Å². The molecule has 0 aliphatic rings. The molecular weight excluding hydrogens is 443 g/mol. The molecule has 3 nitrogen and oxygen atoms in total. The molecule has 5 aromatic rings. The van der Waals surface area contributed by atoms with E-state index < -0.39 is 0 Å². The van der Waals surface area contributed by atoms with Crippen molar-refractivity contribution in [1.29, 1.82) is 0 Å². The van der Waals surface area contributed by atoms with E-state index in [4.69, 9.17) is 32.4 Å². The highest BCUT2D eigenvalue weighted by Gasteiger charge is 2.20. The average Bonchev–Trinajstić information content (AvgIpc) is 2.80. The van der Waals surface area contributed by atoms with Crippen molar-refractivity contribution in [2.75, 3.05) is 0 Å². The van der Waals surface area contributed by atoms with Crippen LogP contribution in [0.4, 0.5) is 0 Å². The van der Waals surface area contributed by atoms with Crippen molar-refractivity contribution in [3.8, 4) is 17.1 Å². The lowest BCUT2D eigenvalue weighted by Crippen LogP contribution is -2.11. The highest BCUT2D eigenvalue weighted by molar-refractivity contribution is 6.33. The van der Waals surface area contributed by atoms with Gasteiger partial charge in [0.05, 0.1) is 10.4 Å². The molecule has 0 unspecified atom stereocenters. The SMILES string of the molecule is Cc1cc2oc(-c3ccccc3Cl)c(OCc3cccc4ccccc34)c(=O)c2cc1Cl. The van der Waals surface area contributed by atoms with Crippen LogP contribution in [0.25, 0.3) is 33.1 Å². The number of halogens is 2. The van der Waals surface area contributed by atoms with E-state index in [1.807, 2.05) is 61.5 Å². The van der Waals surface area contributed by atoms with Crippen molar-refractivity contribution < 1.29 is 9.15 Å². The topological polar surface area (TPSA) is 39.4 Å². The Morgan fingerprint density at radius 3 is 2.44 bits per heavy atom. The van der Waals surface area contributed by atoms with Gasteiger partial charge in [0.15, 0.2) is 5.76 Å². The van der Waals surface area contributed by atoms with E-state index in [9.17, 15) is 4.79 Å². The van der Waals surface area contributed by atoms with Crippen LogP contribution in [0.5, 0.6) is 5.75 Å². The maximum absolute atomic E-state index is 13.5. The first-order valence-corrected chi connectivity index (χ1v) is 10.9. The molecule has 5 heteroatoms. The molecule has 32 heavy (non-hydrogen) atoms. The summed E-state index contributed by atoms with van der Waals surface area (Å²) in [4.78, 5) is 13.5. The van der Waals surface area contributed by atoms with Crippen molar-refractivity contribution in [2.24, 2.45) is 0 Å². The van der Waals surface area contributed by atoms with Gasteiger partial charge in [-0.15, -0.1) is 0 Å². The summed E-state index contributed by atoms with van der Waals surface area (Å²) in [6.07, 6.45) is 0. The number of fused-ring (bicyclic) bond motifs is 2. The minimum atomic E-state index is -0.289. The van der Waals surface area contributed by atoms with Crippen LogP contribution in [0, 0.1) is 6.92 Å². The van der Waals surface area contributed by atoms with Crippen LogP contribution in [0.3, 0.4) is 0 Å². The minimum absolute atomic E-state index is 0.110. The third kappa shape index (κ3) is 3.64. The normalized spacial score (nSPS) is 11.2. The van der Waals surface area contributed by atoms with Crippen LogP contribution in [0.2, 0.25) is 10.0 Å². The smallest absolute Gasteiger partial charge is 0.235 e. The zero-order valence-corrected chi connectivity index (χ0v) is 18.7. The van der Waals surface area contributed by atoms with E-state index in [1.54, 1.807) is 24.3 Å². The van der Waals surface area contributed by atoms with Gasteiger partial charge in [0.25, 0.3) is 0 Å². The van der Waals surface area contributed by atoms with Crippen molar-refractivity contribution in [2.45, 2.75) is 13.5 Å². The zero-order chi connectivity index (χ0) is 22.2. The van der Waals surface area contributed by atoms with Gasteiger partial charge in [-0.3, -0.25) is 4.79 Å². The van der Waals surface area contributed by atoms with Crippen LogP contribution < -0.4 is 10.2 Å². The highest BCUT2D eigenvalue weighted by atomic mass is 35.5. The molecule has 0 saturated carbocycles. The lowest BCUT2D eigenvalue weighted by molar-refractivity contribution is 0.299.